The van der Waals surface area contributed by atoms with Gasteiger partial charge in [0, 0.05) is 38.8 Å². The molecule has 25 heavy (non-hydrogen) atoms. The third-order valence-corrected chi connectivity index (χ3v) is 4.24. The summed E-state index contributed by atoms with van der Waals surface area (Å²) < 4.78 is 0. The highest BCUT2D eigenvalue weighted by molar-refractivity contribution is 6.35. The summed E-state index contributed by atoms with van der Waals surface area (Å²) in [5.41, 5.74) is 1.29. The largest absolute Gasteiger partial charge is 0.359 e. The van der Waals surface area contributed by atoms with E-state index in [0.717, 1.165) is 32.5 Å². The average molecular weight is 346 g/mol. The fourth-order valence-electron chi connectivity index (χ4n) is 2.86. The molecule has 7 heteroatoms. The molecule has 1 aromatic rings. The van der Waals surface area contributed by atoms with Crippen molar-refractivity contribution in [2.75, 3.05) is 26.2 Å². The molecule has 1 fully saturated rings. The molecule has 0 atom stereocenters. The van der Waals surface area contributed by atoms with Crippen molar-refractivity contribution < 1.29 is 14.4 Å². The Kier molecular flexibility index (Phi) is 7.91. The molecule has 0 unspecified atom stereocenters. The molecule has 1 saturated heterocycles. The Morgan fingerprint density at radius 3 is 2.48 bits per heavy atom. The maximum atomic E-state index is 11.9. The molecular weight excluding hydrogens is 320 g/mol. The first-order valence-corrected chi connectivity index (χ1v) is 8.71. The first-order valence-electron chi connectivity index (χ1n) is 8.71. The number of hydrogen-bond acceptors (Lipinski definition) is 4. The van der Waals surface area contributed by atoms with E-state index in [4.69, 9.17) is 0 Å². The predicted molar refractivity (Wildman–Crippen MR) is 94.6 cm³/mol. The number of nitrogens with zero attached hydrogens (tertiary/aromatic N) is 1. The Balaban J connectivity index is 1.62. The molecule has 1 aliphatic heterocycles. The Hall–Kier alpha value is -2.41. The summed E-state index contributed by atoms with van der Waals surface area (Å²) in [5, 5.41) is 7.86. The van der Waals surface area contributed by atoms with E-state index in [2.05, 4.69) is 33.0 Å². The van der Waals surface area contributed by atoms with Gasteiger partial charge < -0.3 is 16.0 Å². The summed E-state index contributed by atoms with van der Waals surface area (Å²) in [7, 11) is 0. The summed E-state index contributed by atoms with van der Waals surface area (Å²) in [6.45, 7) is 3.56. The lowest BCUT2D eigenvalue weighted by molar-refractivity contribution is -0.139. The number of carbonyl (C=O) groups excluding carboxylic acids is 3. The van der Waals surface area contributed by atoms with Crippen LogP contribution >= 0.6 is 0 Å². The SMILES string of the molecule is O=CNCCCNC(=O)C(=O)NC1CCN(Cc2ccccc2)CC1. The molecular formula is C18H26N4O3. The van der Waals surface area contributed by atoms with Gasteiger partial charge >= 0.3 is 11.8 Å². The molecule has 0 radical (unpaired) electrons. The normalized spacial score (nSPS) is 15.4. The number of benzene rings is 1. The Bertz CT molecular complexity index is 557. The minimum atomic E-state index is -0.613. The number of hydrogen-bond donors (Lipinski definition) is 3. The summed E-state index contributed by atoms with van der Waals surface area (Å²) in [6, 6.07) is 10.4. The predicted octanol–water partition coefficient (Wildman–Crippen LogP) is 0.0195. The van der Waals surface area contributed by atoms with Crippen LogP contribution in [0.25, 0.3) is 0 Å². The molecule has 7 nitrogen and oxygen atoms in total. The maximum Gasteiger partial charge on any atom is 0.309 e. The molecule has 1 aliphatic rings. The van der Waals surface area contributed by atoms with Crippen LogP contribution in [-0.2, 0) is 20.9 Å². The molecule has 136 valence electrons. The van der Waals surface area contributed by atoms with Crippen LogP contribution in [0.5, 0.6) is 0 Å². The zero-order chi connectivity index (χ0) is 17.9. The molecule has 3 amide bonds. The van der Waals surface area contributed by atoms with Crippen LogP contribution < -0.4 is 16.0 Å². The molecule has 0 saturated carbocycles. The second-order valence-corrected chi connectivity index (χ2v) is 6.19. The standard InChI is InChI=1S/C18H26N4O3/c23-14-19-9-4-10-20-17(24)18(25)21-16-7-11-22(12-8-16)13-15-5-2-1-3-6-15/h1-3,5-6,14,16H,4,7-13H2,(H,19,23)(H,20,24)(H,21,25). The van der Waals surface area contributed by atoms with Crippen molar-refractivity contribution in [3.8, 4) is 0 Å². The third kappa shape index (κ3) is 6.93. The zero-order valence-corrected chi connectivity index (χ0v) is 14.4. The Morgan fingerprint density at radius 1 is 1.08 bits per heavy atom. The van der Waals surface area contributed by atoms with Gasteiger partial charge in [-0.3, -0.25) is 19.3 Å². The van der Waals surface area contributed by atoms with Gasteiger partial charge in [0.25, 0.3) is 0 Å². The van der Waals surface area contributed by atoms with Gasteiger partial charge in [-0.15, -0.1) is 0 Å². The first-order chi connectivity index (χ1) is 12.2. The van der Waals surface area contributed by atoms with Gasteiger partial charge in [0.05, 0.1) is 0 Å². The van der Waals surface area contributed by atoms with Crippen molar-refractivity contribution >= 4 is 18.2 Å². The van der Waals surface area contributed by atoms with Crippen LogP contribution in [0.2, 0.25) is 0 Å². The van der Waals surface area contributed by atoms with Crippen molar-refractivity contribution in [1.82, 2.24) is 20.9 Å². The van der Waals surface area contributed by atoms with E-state index in [-0.39, 0.29) is 6.04 Å². The van der Waals surface area contributed by atoms with E-state index in [1.807, 2.05) is 18.2 Å². The van der Waals surface area contributed by atoms with Crippen molar-refractivity contribution in [2.45, 2.75) is 31.8 Å². The lowest BCUT2D eigenvalue weighted by atomic mass is 10.0. The van der Waals surface area contributed by atoms with Crippen molar-refractivity contribution in [1.29, 1.82) is 0 Å². The summed E-state index contributed by atoms with van der Waals surface area (Å²) >= 11 is 0. The van der Waals surface area contributed by atoms with Gasteiger partial charge in [-0.1, -0.05) is 30.3 Å². The second-order valence-electron chi connectivity index (χ2n) is 6.19. The first kappa shape index (κ1) is 18.9. The molecule has 2 rings (SSSR count). The van der Waals surface area contributed by atoms with E-state index >= 15 is 0 Å². The smallest absolute Gasteiger partial charge is 0.309 e. The Morgan fingerprint density at radius 2 is 1.80 bits per heavy atom. The van der Waals surface area contributed by atoms with E-state index < -0.39 is 11.8 Å². The van der Waals surface area contributed by atoms with Crippen LogP contribution in [0, 0.1) is 0 Å². The number of rotatable bonds is 8. The van der Waals surface area contributed by atoms with E-state index in [0.29, 0.717) is 25.9 Å². The van der Waals surface area contributed by atoms with Crippen LogP contribution in [0.15, 0.2) is 30.3 Å². The topological polar surface area (TPSA) is 90.5 Å². The lowest BCUT2D eigenvalue weighted by Crippen LogP contribution is -2.49. The van der Waals surface area contributed by atoms with Gasteiger partial charge in [0.1, 0.15) is 0 Å². The number of carbonyl (C=O) groups is 3. The zero-order valence-electron chi connectivity index (χ0n) is 14.4. The van der Waals surface area contributed by atoms with Gasteiger partial charge in [-0.2, -0.15) is 0 Å². The second kappa shape index (κ2) is 10.5. The number of likely N-dealkylation sites (tertiary alicyclic amines) is 1. The van der Waals surface area contributed by atoms with Crippen molar-refractivity contribution in [2.24, 2.45) is 0 Å². The third-order valence-electron chi connectivity index (χ3n) is 4.24. The fraction of sp³-hybridized carbons (Fsp3) is 0.500. The Labute approximate surface area is 148 Å². The van der Waals surface area contributed by atoms with Crippen LogP contribution in [0.3, 0.4) is 0 Å². The maximum absolute atomic E-state index is 11.9. The molecule has 0 bridgehead atoms. The summed E-state index contributed by atoms with van der Waals surface area (Å²) in [6.07, 6.45) is 2.89. The van der Waals surface area contributed by atoms with Crippen LogP contribution in [-0.4, -0.2) is 55.3 Å². The molecule has 0 aliphatic carbocycles. The van der Waals surface area contributed by atoms with E-state index in [1.54, 1.807) is 0 Å². The molecule has 0 spiro atoms. The molecule has 0 aromatic heterocycles. The van der Waals surface area contributed by atoms with E-state index in [9.17, 15) is 14.4 Å². The van der Waals surface area contributed by atoms with Crippen molar-refractivity contribution in [3.63, 3.8) is 0 Å². The van der Waals surface area contributed by atoms with Crippen molar-refractivity contribution in [3.05, 3.63) is 35.9 Å². The van der Waals surface area contributed by atoms with Gasteiger partial charge in [0.2, 0.25) is 6.41 Å². The number of piperidine rings is 1. The van der Waals surface area contributed by atoms with Crippen LogP contribution in [0.4, 0.5) is 0 Å². The highest BCUT2D eigenvalue weighted by atomic mass is 16.2. The van der Waals surface area contributed by atoms with E-state index in [1.165, 1.54) is 5.56 Å². The molecule has 1 heterocycles. The minimum absolute atomic E-state index is 0.0435. The highest BCUT2D eigenvalue weighted by Gasteiger charge is 2.23. The van der Waals surface area contributed by atoms with Gasteiger partial charge in [0.15, 0.2) is 0 Å². The van der Waals surface area contributed by atoms with Gasteiger partial charge in [-0.05, 0) is 24.8 Å². The molecule has 3 N–H and O–H groups in total. The average Bonchev–Trinajstić information content (AvgIpc) is 2.64. The molecule has 1 aromatic carbocycles. The van der Waals surface area contributed by atoms with Gasteiger partial charge in [-0.25, -0.2) is 0 Å². The lowest BCUT2D eigenvalue weighted by Gasteiger charge is -2.32. The monoisotopic (exact) mass is 346 g/mol. The summed E-state index contributed by atoms with van der Waals surface area (Å²) in [5.74, 6) is -1.19. The number of nitrogens with one attached hydrogen (secondary N) is 3. The van der Waals surface area contributed by atoms with Crippen LogP contribution in [0.1, 0.15) is 24.8 Å². The highest BCUT2D eigenvalue weighted by Crippen LogP contribution is 2.13. The minimum Gasteiger partial charge on any atom is -0.359 e. The number of amides is 3. The fourth-order valence-corrected chi connectivity index (χ4v) is 2.86. The summed E-state index contributed by atoms with van der Waals surface area (Å²) in [4.78, 5) is 36.1. The quantitative estimate of drug-likeness (QED) is 0.352.